The van der Waals surface area contributed by atoms with Crippen molar-refractivity contribution in [2.75, 3.05) is 76.4 Å². The van der Waals surface area contributed by atoms with Crippen molar-refractivity contribution in [2.24, 2.45) is 17.3 Å². The van der Waals surface area contributed by atoms with E-state index in [0.29, 0.717) is 39.0 Å². The summed E-state index contributed by atoms with van der Waals surface area (Å²) >= 11 is 0. The lowest BCUT2D eigenvalue weighted by atomic mass is 9.84. The number of aryl methyl sites for hydroxylation is 1. The normalized spacial score (nSPS) is 24.0. The molecule has 8 bridgehead atoms. The number of carbonyl (C=O) groups is 3. The monoisotopic (exact) mass is 903 g/mol. The molecule has 4 atom stereocenters. The topological polar surface area (TPSA) is 143 Å². The second-order valence-electron chi connectivity index (χ2n) is 20.4. The van der Waals surface area contributed by atoms with E-state index in [4.69, 9.17) is 19.2 Å². The van der Waals surface area contributed by atoms with E-state index >= 15 is 0 Å². The van der Waals surface area contributed by atoms with E-state index < -0.39 is 29.4 Å². The van der Waals surface area contributed by atoms with Crippen LogP contribution in [0.4, 0.5) is 11.4 Å². The van der Waals surface area contributed by atoms with E-state index in [0.717, 1.165) is 100 Å². The third-order valence-corrected chi connectivity index (χ3v) is 14.5. The second kappa shape index (κ2) is 19.3. The fraction of sp³-hybridized carbons (Fsp3) is 0.577. The molecule has 4 unspecified atom stereocenters. The highest BCUT2D eigenvalue weighted by Crippen LogP contribution is 2.43. The summed E-state index contributed by atoms with van der Waals surface area (Å²) in [6.07, 6.45) is 6.39. The summed E-state index contributed by atoms with van der Waals surface area (Å²) in [6.45, 7) is 19.1. The van der Waals surface area contributed by atoms with Crippen LogP contribution in [0.5, 0.6) is 0 Å². The molecule has 66 heavy (non-hydrogen) atoms. The number of cyclic esters (lactones) is 1. The van der Waals surface area contributed by atoms with Crippen LogP contribution in [0, 0.1) is 17.3 Å². The van der Waals surface area contributed by atoms with Crippen LogP contribution in [0.2, 0.25) is 0 Å². The number of fused-ring (bicyclic) bond motifs is 7. The van der Waals surface area contributed by atoms with E-state index in [2.05, 4.69) is 101 Å². The molecule has 4 aliphatic heterocycles. The lowest BCUT2D eigenvalue weighted by Gasteiger charge is -2.36. The van der Waals surface area contributed by atoms with Crippen molar-refractivity contribution in [3.05, 3.63) is 65.5 Å². The first-order valence-electron chi connectivity index (χ1n) is 24.5. The smallest absolute Gasteiger partial charge is 0.324 e. The first kappa shape index (κ1) is 46.1. The Balaban J connectivity index is 1.21. The fourth-order valence-corrected chi connectivity index (χ4v) is 10.5. The number of piperazine rings is 1. The number of aromatic nitrogens is 2. The van der Waals surface area contributed by atoms with E-state index in [1.807, 2.05) is 20.0 Å². The van der Waals surface area contributed by atoms with Crippen LogP contribution in [0.1, 0.15) is 90.2 Å². The van der Waals surface area contributed by atoms with Crippen molar-refractivity contribution in [1.29, 1.82) is 0 Å². The Morgan fingerprint density at radius 3 is 2.48 bits per heavy atom. The zero-order valence-electron chi connectivity index (χ0n) is 40.1. The van der Waals surface area contributed by atoms with Crippen molar-refractivity contribution in [1.82, 2.24) is 30.2 Å². The highest BCUT2D eigenvalue weighted by molar-refractivity contribution is 5.96. The van der Waals surface area contributed by atoms with Gasteiger partial charge < -0.3 is 34.3 Å². The molecule has 2 aromatic heterocycles. The predicted molar refractivity (Wildman–Crippen MR) is 258 cm³/mol. The SMILES string of the molecule is CCn1c(-c2cc(N3CCN(C4CC4)CC3)cnc2C(C)OC)c2c3cc(ccc31)-c1cc3cc(c1)NCCOCC(C(C)C)C(=O)NC(C3)C(=O)N1CCCC(N1)C(=O)OCC(C)(C)C2. The first-order chi connectivity index (χ1) is 31.8. The van der Waals surface area contributed by atoms with Gasteiger partial charge in [0.1, 0.15) is 12.1 Å². The van der Waals surface area contributed by atoms with Gasteiger partial charge in [-0.25, -0.2) is 5.43 Å². The molecule has 4 aromatic rings. The van der Waals surface area contributed by atoms with Crippen molar-refractivity contribution < 1.29 is 28.6 Å². The van der Waals surface area contributed by atoms with Crippen molar-refractivity contribution in [3.63, 3.8) is 0 Å². The molecule has 14 nitrogen and oxygen atoms in total. The minimum absolute atomic E-state index is 0.00704. The third kappa shape index (κ3) is 9.70. The zero-order valence-corrected chi connectivity index (χ0v) is 40.1. The van der Waals surface area contributed by atoms with Gasteiger partial charge in [0, 0.05) is 93.0 Å². The summed E-state index contributed by atoms with van der Waals surface area (Å²) in [5, 5.41) is 9.37. The molecule has 1 saturated carbocycles. The maximum absolute atomic E-state index is 14.6. The number of nitrogens with zero attached hydrogens (tertiary/aromatic N) is 5. The van der Waals surface area contributed by atoms with Crippen molar-refractivity contribution >= 4 is 40.1 Å². The molecule has 1 aliphatic carbocycles. The maximum atomic E-state index is 14.6. The fourth-order valence-electron chi connectivity index (χ4n) is 10.5. The Morgan fingerprint density at radius 1 is 0.939 bits per heavy atom. The third-order valence-electron chi connectivity index (χ3n) is 14.5. The molecule has 3 N–H and O–H groups in total. The number of hydrogen-bond donors (Lipinski definition) is 3. The molecule has 2 amide bonds. The molecule has 14 heteroatoms. The van der Waals surface area contributed by atoms with Crippen molar-refractivity contribution in [2.45, 2.75) is 111 Å². The summed E-state index contributed by atoms with van der Waals surface area (Å²) in [5.74, 6) is -1.36. The quantitative estimate of drug-likeness (QED) is 0.170. The largest absolute Gasteiger partial charge is 0.464 e. The average Bonchev–Trinajstić information content (AvgIpc) is 4.13. The summed E-state index contributed by atoms with van der Waals surface area (Å²) in [5.41, 5.74) is 13.0. The Bertz CT molecular complexity index is 2440. The van der Waals surface area contributed by atoms with Gasteiger partial charge in [-0.2, -0.15) is 0 Å². The van der Waals surface area contributed by atoms with Crippen LogP contribution < -0.4 is 21.0 Å². The van der Waals surface area contributed by atoms with Gasteiger partial charge in [0.2, 0.25) is 5.91 Å². The number of benzene rings is 2. The maximum Gasteiger partial charge on any atom is 0.324 e. The van der Waals surface area contributed by atoms with Crippen LogP contribution in [0.3, 0.4) is 0 Å². The molecule has 0 radical (unpaired) electrons. The van der Waals surface area contributed by atoms with Crippen LogP contribution in [0.15, 0.2) is 48.7 Å². The van der Waals surface area contributed by atoms with Crippen LogP contribution in [-0.2, 0) is 48.0 Å². The number of hydrazine groups is 1. The number of hydrogen-bond acceptors (Lipinski definition) is 11. The van der Waals surface area contributed by atoms with Gasteiger partial charge >= 0.3 is 5.97 Å². The number of amides is 2. The number of esters is 1. The molecule has 2 saturated heterocycles. The van der Waals surface area contributed by atoms with E-state index in [1.54, 1.807) is 7.11 Å². The molecule has 9 rings (SSSR count). The number of rotatable bonds is 7. The summed E-state index contributed by atoms with van der Waals surface area (Å²) in [6, 6.07) is 14.6. The van der Waals surface area contributed by atoms with Crippen LogP contribution in [-0.4, -0.2) is 122 Å². The van der Waals surface area contributed by atoms with Gasteiger partial charge in [-0.15, -0.1) is 0 Å². The number of pyridine rings is 1. The van der Waals surface area contributed by atoms with Gasteiger partial charge in [0.05, 0.1) is 55.1 Å². The molecule has 0 spiro atoms. The number of methoxy groups -OCH3 is 1. The Hall–Kier alpha value is -5.02. The highest BCUT2D eigenvalue weighted by Gasteiger charge is 2.37. The first-order valence-corrected chi connectivity index (χ1v) is 24.5. The van der Waals surface area contributed by atoms with E-state index in [1.165, 1.54) is 17.9 Å². The molecular weight excluding hydrogens is 833 g/mol. The summed E-state index contributed by atoms with van der Waals surface area (Å²) in [4.78, 5) is 53.0. The molecule has 2 aromatic carbocycles. The van der Waals surface area contributed by atoms with Gasteiger partial charge in [-0.05, 0) is 104 Å². The molecule has 5 aliphatic rings. The summed E-state index contributed by atoms with van der Waals surface area (Å²) < 4.78 is 20.8. The minimum Gasteiger partial charge on any atom is -0.464 e. The molecule has 3 fully saturated rings. The Morgan fingerprint density at radius 2 is 1.74 bits per heavy atom. The van der Waals surface area contributed by atoms with Gasteiger partial charge in [-0.1, -0.05) is 39.8 Å². The second-order valence-corrected chi connectivity index (χ2v) is 20.4. The van der Waals surface area contributed by atoms with Crippen molar-refractivity contribution in [3.8, 4) is 22.4 Å². The lowest BCUT2D eigenvalue weighted by Crippen LogP contribution is -2.61. The molecular formula is C52H70N8O6. The van der Waals surface area contributed by atoms with Gasteiger partial charge in [0.25, 0.3) is 5.91 Å². The highest BCUT2D eigenvalue weighted by atomic mass is 16.5. The predicted octanol–water partition coefficient (Wildman–Crippen LogP) is 6.74. The Labute approximate surface area is 390 Å². The lowest BCUT2D eigenvalue weighted by molar-refractivity contribution is -0.155. The van der Waals surface area contributed by atoms with E-state index in [9.17, 15) is 14.4 Å². The van der Waals surface area contributed by atoms with E-state index in [-0.39, 0.29) is 43.5 Å². The standard InChI is InChI=1S/C52H70N8O6/c1-8-59-46-14-11-35-26-40(46)42(48(59)41-27-39(29-54-47(41)33(4)64-7)58-19-17-57(18-20-58)38-12-13-38)28-52(5,6)31-66-51(63)44-10-9-16-60(56-44)50(62)45-24-34-22-36(35)25-37(23-34)53-15-21-65-30-43(32(2)3)49(61)55-45/h11,14,22-23,25-27,29,32-33,38,43-45,53,56H,8-10,12-13,15-21,24,28,30-31H2,1-7H3,(H,55,61). The van der Waals surface area contributed by atoms with Gasteiger partial charge in [0.15, 0.2) is 0 Å². The minimum atomic E-state index is -0.895. The van der Waals surface area contributed by atoms with Crippen LogP contribution >= 0.6 is 0 Å². The number of ether oxygens (including phenoxy) is 3. The van der Waals surface area contributed by atoms with Gasteiger partial charge in [-0.3, -0.25) is 29.3 Å². The Kier molecular flexibility index (Phi) is 13.5. The number of anilines is 2. The molecule has 6 heterocycles. The number of carbonyl (C=O) groups excluding carboxylic acids is 3. The zero-order chi connectivity index (χ0) is 46.3. The summed E-state index contributed by atoms with van der Waals surface area (Å²) in [7, 11) is 1.74. The van der Waals surface area contributed by atoms with Crippen LogP contribution in [0.25, 0.3) is 33.3 Å². The number of nitrogens with one attached hydrogen (secondary N) is 3. The average molecular weight is 903 g/mol. The molecule has 354 valence electrons.